The van der Waals surface area contributed by atoms with E-state index < -0.39 is 28.7 Å². The molecule has 10 nitrogen and oxygen atoms in total. The molecule has 3 amide bonds. The summed E-state index contributed by atoms with van der Waals surface area (Å²) < 4.78 is 49.9. The van der Waals surface area contributed by atoms with Gasteiger partial charge in [0.2, 0.25) is 0 Å². The molecule has 0 aliphatic rings. The number of amides is 3. The second-order valence-corrected chi connectivity index (χ2v) is 9.00. The number of hydrazine groups is 1. The smallest absolute Gasteiger partial charge is 0.417 e. The Kier molecular flexibility index (Phi) is 9.35. The summed E-state index contributed by atoms with van der Waals surface area (Å²) in [6.45, 7) is 0.228. The molecule has 0 atom stereocenters. The van der Waals surface area contributed by atoms with Gasteiger partial charge in [-0.2, -0.15) is 13.2 Å². The van der Waals surface area contributed by atoms with Crippen molar-refractivity contribution in [2.45, 2.75) is 12.7 Å². The topological polar surface area (TPSA) is 134 Å². The van der Waals surface area contributed by atoms with Crippen molar-refractivity contribution in [1.82, 2.24) is 15.8 Å². The molecule has 218 valence electrons. The van der Waals surface area contributed by atoms with Gasteiger partial charge in [0.15, 0.2) is 11.5 Å². The number of aromatic nitrogens is 1. The predicted octanol–water partition coefficient (Wildman–Crippen LogP) is 6.34. The molecule has 0 fully saturated rings. The van der Waals surface area contributed by atoms with Gasteiger partial charge in [0.05, 0.1) is 17.7 Å². The van der Waals surface area contributed by atoms with Crippen molar-refractivity contribution >= 4 is 34.9 Å². The van der Waals surface area contributed by atoms with Crippen LogP contribution in [0.1, 0.15) is 21.6 Å². The summed E-state index contributed by atoms with van der Waals surface area (Å²) in [5.74, 6) is 0.482. The van der Waals surface area contributed by atoms with E-state index in [1.54, 1.807) is 30.3 Å². The van der Waals surface area contributed by atoms with Crippen molar-refractivity contribution in [3.05, 3.63) is 101 Å². The molecule has 0 aliphatic heterocycles. The number of phenolic OH excluding ortho intramolecular Hbond substituents is 1. The summed E-state index contributed by atoms with van der Waals surface area (Å²) in [6.07, 6.45) is -3.27. The lowest BCUT2D eigenvalue weighted by atomic mass is 10.2. The fourth-order valence-corrected chi connectivity index (χ4v) is 3.82. The zero-order valence-electron chi connectivity index (χ0n) is 21.8. The van der Waals surface area contributed by atoms with Crippen molar-refractivity contribution < 1.29 is 37.3 Å². The minimum Gasteiger partial charge on any atom is -0.504 e. The van der Waals surface area contributed by atoms with Gasteiger partial charge in [0.1, 0.15) is 17.2 Å². The molecule has 4 rings (SSSR count). The quantitative estimate of drug-likeness (QED) is 0.141. The molecule has 1 heterocycles. The normalized spacial score (nSPS) is 11.0. The molecule has 1 aromatic heterocycles. The zero-order valence-corrected chi connectivity index (χ0v) is 22.5. The lowest BCUT2D eigenvalue weighted by Crippen LogP contribution is -2.37. The van der Waals surface area contributed by atoms with Gasteiger partial charge in [-0.3, -0.25) is 15.2 Å². The molecule has 5 N–H and O–H groups in total. The van der Waals surface area contributed by atoms with Crippen molar-refractivity contribution in [3.8, 4) is 23.0 Å². The van der Waals surface area contributed by atoms with E-state index in [2.05, 4.69) is 26.5 Å². The number of benzene rings is 3. The molecule has 0 bridgehead atoms. The molecule has 0 radical (unpaired) electrons. The molecule has 3 aromatic carbocycles. The second kappa shape index (κ2) is 13.1. The number of hydrogen-bond acceptors (Lipinski definition) is 7. The Morgan fingerprint density at radius 1 is 0.929 bits per heavy atom. The maximum Gasteiger partial charge on any atom is 0.417 e. The number of nitrogens with one attached hydrogen (secondary N) is 4. The fourth-order valence-electron chi connectivity index (χ4n) is 3.59. The van der Waals surface area contributed by atoms with Gasteiger partial charge >= 0.3 is 12.2 Å². The van der Waals surface area contributed by atoms with Gasteiger partial charge < -0.3 is 25.2 Å². The zero-order chi connectivity index (χ0) is 30.3. The van der Waals surface area contributed by atoms with Crippen molar-refractivity contribution in [3.63, 3.8) is 0 Å². The van der Waals surface area contributed by atoms with Crippen LogP contribution in [0.25, 0.3) is 0 Å². The van der Waals surface area contributed by atoms with E-state index in [1.165, 1.54) is 43.6 Å². The standard InChI is InChI=1S/C28H23ClF3N5O5/c1-41-25-9-2-16(12-24(25)38)15-34-37-26(39)23-14-20(10-11-33-23)42-19-6-3-17(4-7-19)35-27(40)36-18-5-8-22(29)21(13-18)28(30,31)32/h2-14,34,38H,15H2,1H3,(H,37,39)(H2,35,36,40). The largest absolute Gasteiger partial charge is 0.504 e. The monoisotopic (exact) mass is 601 g/mol. The Hall–Kier alpha value is -5.01. The minimum atomic E-state index is -4.67. The molecule has 42 heavy (non-hydrogen) atoms. The van der Waals surface area contributed by atoms with Crippen LogP contribution in [-0.4, -0.2) is 29.1 Å². The summed E-state index contributed by atoms with van der Waals surface area (Å²) in [7, 11) is 1.44. The van der Waals surface area contributed by atoms with Gasteiger partial charge in [-0.05, 0) is 66.2 Å². The van der Waals surface area contributed by atoms with Crippen LogP contribution in [0, 0.1) is 0 Å². The van der Waals surface area contributed by atoms with Gasteiger partial charge in [-0.15, -0.1) is 0 Å². The van der Waals surface area contributed by atoms with E-state index in [-0.39, 0.29) is 23.7 Å². The maximum absolute atomic E-state index is 13.0. The Bertz CT molecular complexity index is 1590. The number of alkyl halides is 3. The summed E-state index contributed by atoms with van der Waals surface area (Å²) in [6, 6.07) is 16.2. The van der Waals surface area contributed by atoms with Gasteiger partial charge in [0.25, 0.3) is 5.91 Å². The highest BCUT2D eigenvalue weighted by Gasteiger charge is 2.33. The maximum atomic E-state index is 13.0. The lowest BCUT2D eigenvalue weighted by molar-refractivity contribution is -0.137. The average Bonchev–Trinajstić information content (AvgIpc) is 2.95. The van der Waals surface area contributed by atoms with E-state index in [0.717, 1.165) is 12.1 Å². The predicted molar refractivity (Wildman–Crippen MR) is 149 cm³/mol. The molecule has 14 heteroatoms. The number of methoxy groups -OCH3 is 1. The van der Waals surface area contributed by atoms with Gasteiger partial charge in [-0.1, -0.05) is 17.7 Å². The van der Waals surface area contributed by atoms with Crippen LogP contribution in [0.5, 0.6) is 23.0 Å². The first-order valence-corrected chi connectivity index (χ1v) is 12.5. The SMILES string of the molecule is COc1ccc(CNNC(=O)c2cc(Oc3ccc(NC(=O)Nc4ccc(Cl)c(C(F)(F)F)c4)cc3)ccn2)cc1O. The summed E-state index contributed by atoms with van der Waals surface area (Å²) in [4.78, 5) is 28.8. The van der Waals surface area contributed by atoms with Crippen molar-refractivity contribution in [2.75, 3.05) is 17.7 Å². The number of nitrogens with zero attached hydrogens (tertiary/aromatic N) is 1. The first-order valence-electron chi connectivity index (χ1n) is 12.1. The Labute approximate surface area is 242 Å². The third kappa shape index (κ3) is 8.02. The Morgan fingerprint density at radius 3 is 2.33 bits per heavy atom. The number of ether oxygens (including phenoxy) is 2. The van der Waals surface area contributed by atoms with E-state index in [1.807, 2.05) is 0 Å². The average molecular weight is 602 g/mol. The van der Waals surface area contributed by atoms with E-state index in [9.17, 15) is 27.9 Å². The number of anilines is 2. The van der Waals surface area contributed by atoms with E-state index in [0.29, 0.717) is 28.5 Å². The highest BCUT2D eigenvalue weighted by molar-refractivity contribution is 6.31. The van der Waals surface area contributed by atoms with Crippen LogP contribution in [0.3, 0.4) is 0 Å². The number of phenols is 1. The Morgan fingerprint density at radius 2 is 1.64 bits per heavy atom. The third-order valence-electron chi connectivity index (χ3n) is 5.58. The first-order chi connectivity index (χ1) is 20.0. The summed E-state index contributed by atoms with van der Waals surface area (Å²) >= 11 is 5.60. The molecule has 0 unspecified atom stereocenters. The summed E-state index contributed by atoms with van der Waals surface area (Å²) in [5.41, 5.74) is 5.24. The Balaban J connectivity index is 1.29. The van der Waals surface area contributed by atoms with E-state index in [4.69, 9.17) is 21.1 Å². The number of carbonyl (C=O) groups excluding carboxylic acids is 2. The molecule has 4 aromatic rings. The van der Waals surface area contributed by atoms with Crippen molar-refractivity contribution in [2.24, 2.45) is 0 Å². The van der Waals surface area contributed by atoms with Crippen LogP contribution < -0.4 is 31.0 Å². The van der Waals surface area contributed by atoms with Gasteiger partial charge in [0, 0.05) is 30.2 Å². The first kappa shape index (κ1) is 30.0. The summed E-state index contributed by atoms with van der Waals surface area (Å²) in [5, 5.41) is 14.2. The fraction of sp³-hybridized carbons (Fsp3) is 0.107. The molecule has 0 spiro atoms. The van der Waals surface area contributed by atoms with Crippen molar-refractivity contribution in [1.29, 1.82) is 0 Å². The van der Waals surface area contributed by atoms with Crippen LogP contribution >= 0.6 is 11.6 Å². The van der Waals surface area contributed by atoms with Crippen LogP contribution in [0.4, 0.5) is 29.3 Å². The molecule has 0 aliphatic carbocycles. The lowest BCUT2D eigenvalue weighted by Gasteiger charge is -2.13. The molecular formula is C28H23ClF3N5O5. The third-order valence-corrected chi connectivity index (χ3v) is 5.91. The molecular weight excluding hydrogens is 579 g/mol. The van der Waals surface area contributed by atoms with Crippen LogP contribution in [0.2, 0.25) is 5.02 Å². The highest BCUT2D eigenvalue weighted by atomic mass is 35.5. The number of halogens is 4. The van der Waals surface area contributed by atoms with Crippen LogP contribution in [-0.2, 0) is 12.7 Å². The number of hydrogen-bond donors (Lipinski definition) is 5. The molecule has 0 saturated heterocycles. The van der Waals surface area contributed by atoms with Crippen LogP contribution in [0.15, 0.2) is 79.0 Å². The number of pyridine rings is 1. The van der Waals surface area contributed by atoms with E-state index >= 15 is 0 Å². The van der Waals surface area contributed by atoms with Gasteiger partial charge in [-0.25, -0.2) is 10.2 Å². The molecule has 0 saturated carbocycles. The number of aromatic hydroxyl groups is 1. The number of urea groups is 1. The minimum absolute atomic E-state index is 0.0254. The highest BCUT2D eigenvalue weighted by Crippen LogP contribution is 2.36. The second-order valence-electron chi connectivity index (χ2n) is 8.59. The number of rotatable bonds is 9. The number of carbonyl (C=O) groups is 2.